The number of rotatable bonds is 0. The van der Waals surface area contributed by atoms with Crippen LogP contribution in [0.25, 0.3) is 0 Å². The molecule has 0 radical (unpaired) electrons. The van der Waals surface area contributed by atoms with E-state index in [1.54, 1.807) is 18.2 Å². The molecule has 2 aromatic rings. The van der Waals surface area contributed by atoms with Crippen LogP contribution in [0, 0.1) is 5.92 Å². The zero-order chi connectivity index (χ0) is 27.0. The van der Waals surface area contributed by atoms with E-state index in [4.69, 9.17) is 16.3 Å². The third-order valence-corrected chi connectivity index (χ3v) is 10.3. The molecular formula is C30H36ClN3O4S. The molecular weight excluding hydrogens is 534 g/mol. The first kappa shape index (κ1) is 26.7. The molecule has 6 rings (SSSR count). The molecule has 3 aliphatic heterocycles. The van der Waals surface area contributed by atoms with Gasteiger partial charge in [0.15, 0.2) is 0 Å². The van der Waals surface area contributed by atoms with E-state index in [0.29, 0.717) is 24.7 Å². The lowest BCUT2D eigenvalue weighted by atomic mass is 9.70. The van der Waals surface area contributed by atoms with Crippen molar-refractivity contribution in [1.29, 1.82) is 0 Å². The number of sulfonamides is 1. The van der Waals surface area contributed by atoms with Crippen LogP contribution in [-0.2, 0) is 26.7 Å². The fraction of sp³-hybridized carbons (Fsp3) is 0.500. The Bertz CT molecular complexity index is 1390. The minimum absolute atomic E-state index is 0.0900. The van der Waals surface area contributed by atoms with Crippen molar-refractivity contribution >= 4 is 33.2 Å². The van der Waals surface area contributed by atoms with Gasteiger partial charge in [-0.1, -0.05) is 29.8 Å². The summed E-state index contributed by atoms with van der Waals surface area (Å²) >= 11 is 6.37. The second-order valence-corrected chi connectivity index (χ2v) is 13.7. The average Bonchev–Trinajstić information content (AvgIpc) is 3.29. The third-order valence-electron chi connectivity index (χ3n) is 8.72. The molecule has 1 aliphatic carbocycles. The van der Waals surface area contributed by atoms with Crippen molar-refractivity contribution in [2.75, 3.05) is 44.2 Å². The van der Waals surface area contributed by atoms with Crippen molar-refractivity contribution < 1.29 is 17.9 Å². The first-order valence-electron chi connectivity index (χ1n) is 14.1. The number of benzene rings is 2. The molecule has 9 heteroatoms. The first-order chi connectivity index (χ1) is 18.8. The highest BCUT2D eigenvalue weighted by Crippen LogP contribution is 2.45. The van der Waals surface area contributed by atoms with Gasteiger partial charge in [0.2, 0.25) is 5.91 Å². The van der Waals surface area contributed by atoms with Crippen molar-refractivity contribution in [2.24, 2.45) is 5.92 Å². The molecule has 4 aliphatic rings. The van der Waals surface area contributed by atoms with E-state index in [1.165, 1.54) is 11.1 Å². The van der Waals surface area contributed by atoms with Gasteiger partial charge >= 0.3 is 0 Å². The van der Waals surface area contributed by atoms with Gasteiger partial charge in [0, 0.05) is 43.0 Å². The van der Waals surface area contributed by atoms with Gasteiger partial charge in [0.05, 0.1) is 17.2 Å². The van der Waals surface area contributed by atoms with Gasteiger partial charge in [-0.2, -0.15) is 0 Å². The summed E-state index contributed by atoms with van der Waals surface area (Å²) in [6, 6.07) is 11.2. The van der Waals surface area contributed by atoms with Gasteiger partial charge in [0.1, 0.15) is 5.75 Å². The van der Waals surface area contributed by atoms with Crippen molar-refractivity contribution in [3.05, 3.63) is 64.7 Å². The van der Waals surface area contributed by atoms with Gasteiger partial charge in [-0.05, 0) is 92.4 Å². The summed E-state index contributed by atoms with van der Waals surface area (Å²) in [4.78, 5) is 17.4. The van der Waals surface area contributed by atoms with Crippen LogP contribution in [0.3, 0.4) is 0 Å². The second kappa shape index (κ2) is 10.8. The molecule has 3 unspecified atom stereocenters. The maximum atomic E-state index is 13.2. The molecule has 3 heterocycles. The number of amides is 1. The van der Waals surface area contributed by atoms with Crippen LogP contribution in [0.4, 0.5) is 5.69 Å². The van der Waals surface area contributed by atoms with E-state index in [0.717, 1.165) is 75.5 Å². The van der Waals surface area contributed by atoms with Gasteiger partial charge < -0.3 is 9.64 Å². The number of halogens is 1. The smallest absolute Gasteiger partial charge is 0.264 e. The fourth-order valence-electron chi connectivity index (χ4n) is 6.78. The van der Waals surface area contributed by atoms with Crippen molar-refractivity contribution in [3.8, 4) is 5.75 Å². The topological polar surface area (TPSA) is 79.0 Å². The largest absolute Gasteiger partial charge is 0.490 e. The van der Waals surface area contributed by atoms with E-state index in [-0.39, 0.29) is 16.7 Å². The zero-order valence-electron chi connectivity index (χ0n) is 22.2. The van der Waals surface area contributed by atoms with E-state index < -0.39 is 15.9 Å². The zero-order valence-corrected chi connectivity index (χ0v) is 23.8. The minimum Gasteiger partial charge on any atom is -0.490 e. The lowest BCUT2D eigenvalue weighted by Crippen LogP contribution is -2.47. The third kappa shape index (κ3) is 5.56. The maximum absolute atomic E-state index is 13.2. The lowest BCUT2D eigenvalue weighted by molar-refractivity contribution is -0.119. The van der Waals surface area contributed by atoms with Crippen LogP contribution in [0.1, 0.15) is 49.7 Å². The number of nitrogens with zero attached hydrogens (tertiary/aromatic N) is 2. The Morgan fingerprint density at radius 1 is 1.05 bits per heavy atom. The highest BCUT2D eigenvalue weighted by Gasteiger charge is 2.42. The molecule has 0 saturated carbocycles. The quantitative estimate of drug-likeness (QED) is 0.464. The van der Waals surface area contributed by atoms with Crippen LogP contribution < -0.4 is 14.4 Å². The molecule has 1 saturated heterocycles. The van der Waals surface area contributed by atoms with Crippen LogP contribution in [0.2, 0.25) is 5.02 Å². The summed E-state index contributed by atoms with van der Waals surface area (Å²) in [5.41, 5.74) is 3.13. The number of fused-ring (bicyclic) bond motifs is 5. The van der Waals surface area contributed by atoms with Crippen LogP contribution in [0.15, 0.2) is 53.4 Å². The number of carbonyl (C=O) groups excluding carboxylic acids is 1. The summed E-state index contributed by atoms with van der Waals surface area (Å²) in [6.07, 6.45) is 9.96. The van der Waals surface area contributed by atoms with E-state index in [9.17, 15) is 13.2 Å². The lowest BCUT2D eigenvalue weighted by Gasteiger charge is -2.41. The molecule has 0 aromatic heterocycles. The summed E-state index contributed by atoms with van der Waals surface area (Å²) in [7, 11) is -4.00. The number of anilines is 1. The van der Waals surface area contributed by atoms with Crippen molar-refractivity contribution in [3.63, 3.8) is 0 Å². The average molecular weight is 570 g/mol. The maximum Gasteiger partial charge on any atom is 0.264 e. The highest BCUT2D eigenvalue weighted by molar-refractivity contribution is 7.90. The molecule has 1 fully saturated rings. The molecule has 1 N–H and O–H groups in total. The van der Waals surface area contributed by atoms with Gasteiger partial charge in [-0.25, -0.2) is 13.1 Å². The summed E-state index contributed by atoms with van der Waals surface area (Å²) in [5.74, 6) is 0.675. The van der Waals surface area contributed by atoms with Gasteiger partial charge in [-0.3, -0.25) is 9.69 Å². The molecule has 39 heavy (non-hydrogen) atoms. The number of carbonyl (C=O) groups is 1. The van der Waals surface area contributed by atoms with Crippen LogP contribution in [0.5, 0.6) is 5.75 Å². The molecule has 1 amide bonds. The molecule has 3 atom stereocenters. The number of hydrogen-bond acceptors (Lipinski definition) is 6. The molecule has 7 nitrogen and oxygen atoms in total. The Balaban J connectivity index is 1.41. The molecule has 208 valence electrons. The second-order valence-electron chi connectivity index (χ2n) is 11.5. The van der Waals surface area contributed by atoms with Crippen molar-refractivity contribution in [2.45, 2.75) is 55.3 Å². The van der Waals surface area contributed by atoms with Gasteiger partial charge in [-0.15, -0.1) is 0 Å². The summed E-state index contributed by atoms with van der Waals surface area (Å²) < 4.78 is 35.2. The number of ether oxygens (including phenoxy) is 1. The van der Waals surface area contributed by atoms with Crippen LogP contribution in [-0.4, -0.2) is 58.6 Å². The number of nitrogens with one attached hydrogen (secondary N) is 1. The Morgan fingerprint density at radius 2 is 1.95 bits per heavy atom. The van der Waals surface area contributed by atoms with E-state index in [2.05, 4.69) is 38.8 Å². The Labute approximate surface area is 236 Å². The van der Waals surface area contributed by atoms with E-state index in [1.807, 2.05) is 6.07 Å². The number of hydrogen-bond donors (Lipinski definition) is 1. The normalized spacial score (nSPS) is 29.5. The minimum atomic E-state index is -4.00. The molecule has 1 spiro atoms. The molecule has 2 aromatic carbocycles. The number of aryl methyl sites for hydroxylation is 1. The number of allylic oxidation sites excluding steroid dienone is 1. The highest BCUT2D eigenvalue weighted by atomic mass is 35.5. The Hall–Kier alpha value is -2.55. The summed E-state index contributed by atoms with van der Waals surface area (Å²) in [6.45, 7) is 5.04. The molecule has 4 bridgehead atoms. The predicted molar refractivity (Wildman–Crippen MR) is 153 cm³/mol. The predicted octanol–water partition coefficient (Wildman–Crippen LogP) is 4.68. The SMILES string of the molecule is O=C1CCC/C=C/CN2CCC(C2)CN2CC3(CCCc4cc(Cl)ccc43)COc3ccc(cc32)S(=O)(=O)N1. The van der Waals surface area contributed by atoms with Gasteiger partial charge in [0.25, 0.3) is 10.0 Å². The monoisotopic (exact) mass is 569 g/mol. The fourth-order valence-corrected chi connectivity index (χ4v) is 8.01. The van der Waals surface area contributed by atoms with Crippen molar-refractivity contribution in [1.82, 2.24) is 9.62 Å². The van der Waals surface area contributed by atoms with Crippen LogP contribution >= 0.6 is 11.6 Å². The first-order valence-corrected chi connectivity index (χ1v) is 15.9. The standard InChI is InChI=1S/C30H36ClN3O4S/c31-24-8-10-26-23(16-24)6-5-13-30(26)20-34-19-22-12-15-33(18-22)14-4-2-1-3-7-29(35)32-39(36,37)25-9-11-28(38-21-30)27(34)17-25/h2,4,8-11,16-17,22H,1,3,5-7,12-15,18-21H2,(H,32,35)/b4-2+. The summed E-state index contributed by atoms with van der Waals surface area (Å²) in [5, 5.41) is 0.751. The van der Waals surface area contributed by atoms with E-state index >= 15 is 0 Å². The Kier molecular flexibility index (Phi) is 7.37. The Morgan fingerprint density at radius 3 is 2.85 bits per heavy atom.